The van der Waals surface area contributed by atoms with E-state index in [1.807, 2.05) is 36.2 Å². The summed E-state index contributed by atoms with van der Waals surface area (Å²) in [6.45, 7) is 3.80. The molecule has 0 radical (unpaired) electrons. The molecule has 0 aliphatic heterocycles. The molecule has 1 aromatic rings. The Labute approximate surface area is 112 Å². The van der Waals surface area contributed by atoms with Crippen LogP contribution in [0.1, 0.15) is 19.4 Å². The molecule has 0 amide bonds. The molecule has 5 heteroatoms. The predicted octanol–water partition coefficient (Wildman–Crippen LogP) is 1.87. The summed E-state index contributed by atoms with van der Waals surface area (Å²) in [6, 6.07) is 7.45. The van der Waals surface area contributed by atoms with E-state index in [4.69, 9.17) is 23.1 Å². The maximum atomic E-state index is 11.1. The van der Waals surface area contributed by atoms with Gasteiger partial charge in [0.05, 0.1) is 5.41 Å². The lowest BCUT2D eigenvalue weighted by Crippen LogP contribution is -2.37. The molecule has 0 atom stereocenters. The van der Waals surface area contributed by atoms with Crippen LogP contribution >= 0.6 is 12.2 Å². The van der Waals surface area contributed by atoms with Crippen LogP contribution in [0.3, 0.4) is 0 Å². The van der Waals surface area contributed by atoms with E-state index < -0.39 is 11.4 Å². The Morgan fingerprint density at radius 1 is 1.50 bits per heavy atom. The van der Waals surface area contributed by atoms with Crippen molar-refractivity contribution in [3.8, 4) is 0 Å². The number of nitrogens with zero attached hydrogens (tertiary/aromatic N) is 1. The second-order valence-electron chi connectivity index (χ2n) is 4.96. The van der Waals surface area contributed by atoms with Gasteiger partial charge in [0.15, 0.2) is 0 Å². The summed E-state index contributed by atoms with van der Waals surface area (Å²) in [5, 5.41) is 9.11. The lowest BCUT2D eigenvalue weighted by molar-refractivity contribution is -0.146. The number of benzene rings is 1. The second kappa shape index (κ2) is 5.35. The van der Waals surface area contributed by atoms with Gasteiger partial charge >= 0.3 is 5.97 Å². The van der Waals surface area contributed by atoms with Gasteiger partial charge in [0, 0.05) is 24.8 Å². The maximum absolute atomic E-state index is 11.1. The standard InChI is InChI=1S/C13H18N2O2S/c1-13(2,12(16)17)8-15(3)10-6-4-5-9(7-10)11(14)18/h4-7H,8H2,1-3H3,(H2,14,18)(H,16,17). The molecule has 18 heavy (non-hydrogen) atoms. The van der Waals surface area contributed by atoms with Crippen molar-refractivity contribution in [2.45, 2.75) is 13.8 Å². The smallest absolute Gasteiger partial charge is 0.310 e. The molecule has 0 unspecified atom stereocenters. The Morgan fingerprint density at radius 2 is 2.11 bits per heavy atom. The largest absolute Gasteiger partial charge is 0.481 e. The van der Waals surface area contributed by atoms with Gasteiger partial charge in [-0.2, -0.15) is 0 Å². The highest BCUT2D eigenvalue weighted by molar-refractivity contribution is 7.80. The van der Waals surface area contributed by atoms with E-state index in [1.54, 1.807) is 13.8 Å². The van der Waals surface area contributed by atoms with E-state index >= 15 is 0 Å². The van der Waals surface area contributed by atoms with Crippen molar-refractivity contribution in [1.29, 1.82) is 0 Å². The fourth-order valence-electron chi connectivity index (χ4n) is 1.65. The van der Waals surface area contributed by atoms with Crippen molar-refractivity contribution in [3.05, 3.63) is 29.8 Å². The number of hydrogen-bond acceptors (Lipinski definition) is 3. The fraction of sp³-hybridized carbons (Fsp3) is 0.385. The molecule has 0 saturated carbocycles. The van der Waals surface area contributed by atoms with Crippen LogP contribution < -0.4 is 10.6 Å². The minimum Gasteiger partial charge on any atom is -0.481 e. The number of anilines is 1. The first-order valence-corrected chi connectivity index (χ1v) is 5.99. The van der Waals surface area contributed by atoms with Gasteiger partial charge in [0.2, 0.25) is 0 Å². The number of hydrogen-bond donors (Lipinski definition) is 2. The molecule has 3 N–H and O–H groups in total. The number of thiocarbonyl (C=S) groups is 1. The van der Waals surface area contributed by atoms with Crippen LogP contribution in [0.15, 0.2) is 24.3 Å². The molecule has 1 rings (SSSR count). The Balaban J connectivity index is 2.91. The van der Waals surface area contributed by atoms with Crippen LogP contribution in [0.5, 0.6) is 0 Å². The summed E-state index contributed by atoms with van der Waals surface area (Å²) in [5.41, 5.74) is 6.44. The summed E-state index contributed by atoms with van der Waals surface area (Å²) >= 11 is 4.92. The monoisotopic (exact) mass is 266 g/mol. The second-order valence-corrected chi connectivity index (χ2v) is 5.40. The molecule has 0 aliphatic carbocycles. The zero-order valence-corrected chi connectivity index (χ0v) is 11.6. The molecule has 0 spiro atoms. The molecular formula is C13H18N2O2S. The van der Waals surface area contributed by atoms with Crippen LogP contribution in [-0.2, 0) is 4.79 Å². The first-order valence-electron chi connectivity index (χ1n) is 5.58. The SMILES string of the molecule is CN(CC(C)(C)C(=O)O)c1cccc(C(N)=S)c1. The van der Waals surface area contributed by atoms with E-state index in [0.717, 1.165) is 11.3 Å². The van der Waals surface area contributed by atoms with E-state index in [2.05, 4.69) is 0 Å². The zero-order valence-electron chi connectivity index (χ0n) is 10.8. The lowest BCUT2D eigenvalue weighted by atomic mass is 9.93. The van der Waals surface area contributed by atoms with Crippen molar-refractivity contribution in [2.24, 2.45) is 11.1 Å². The number of carbonyl (C=O) groups is 1. The molecule has 0 heterocycles. The highest BCUT2D eigenvalue weighted by Crippen LogP contribution is 2.22. The molecule has 0 bridgehead atoms. The molecular weight excluding hydrogens is 248 g/mol. The molecule has 98 valence electrons. The first kappa shape index (κ1) is 14.4. The molecule has 0 fully saturated rings. The highest BCUT2D eigenvalue weighted by atomic mass is 32.1. The zero-order chi connectivity index (χ0) is 13.9. The highest BCUT2D eigenvalue weighted by Gasteiger charge is 2.28. The molecule has 0 aromatic heterocycles. The topological polar surface area (TPSA) is 66.6 Å². The van der Waals surface area contributed by atoms with Gasteiger partial charge in [-0.15, -0.1) is 0 Å². The van der Waals surface area contributed by atoms with Gasteiger partial charge in [-0.25, -0.2) is 0 Å². The Bertz CT molecular complexity index is 472. The van der Waals surface area contributed by atoms with Crippen molar-refractivity contribution >= 4 is 28.9 Å². The van der Waals surface area contributed by atoms with Gasteiger partial charge in [-0.3, -0.25) is 4.79 Å². The molecule has 1 aromatic carbocycles. The summed E-state index contributed by atoms with van der Waals surface area (Å²) in [6.07, 6.45) is 0. The molecule has 4 nitrogen and oxygen atoms in total. The average molecular weight is 266 g/mol. The van der Waals surface area contributed by atoms with Gasteiger partial charge in [0.25, 0.3) is 0 Å². The Kier molecular flexibility index (Phi) is 4.29. The minimum atomic E-state index is -0.820. The number of rotatable bonds is 5. The fourth-order valence-corrected chi connectivity index (χ4v) is 1.78. The van der Waals surface area contributed by atoms with Crippen LogP contribution in [0.4, 0.5) is 5.69 Å². The summed E-state index contributed by atoms with van der Waals surface area (Å²) in [7, 11) is 1.85. The summed E-state index contributed by atoms with van der Waals surface area (Å²) in [4.78, 5) is 13.3. The Hall–Kier alpha value is -1.62. The van der Waals surface area contributed by atoms with E-state index in [9.17, 15) is 4.79 Å². The Morgan fingerprint density at radius 3 is 2.61 bits per heavy atom. The first-order chi connectivity index (χ1) is 8.24. The van der Waals surface area contributed by atoms with Crippen LogP contribution in [0.2, 0.25) is 0 Å². The van der Waals surface area contributed by atoms with Crippen LogP contribution in [0.25, 0.3) is 0 Å². The lowest BCUT2D eigenvalue weighted by Gasteiger charge is -2.28. The summed E-state index contributed by atoms with van der Waals surface area (Å²) in [5.74, 6) is -0.820. The summed E-state index contributed by atoms with van der Waals surface area (Å²) < 4.78 is 0. The number of carboxylic acid groups (broad SMARTS) is 1. The molecule has 0 aliphatic rings. The van der Waals surface area contributed by atoms with E-state index in [0.29, 0.717) is 11.5 Å². The molecule has 0 saturated heterocycles. The van der Waals surface area contributed by atoms with Crippen molar-refractivity contribution < 1.29 is 9.90 Å². The number of aliphatic carboxylic acids is 1. The van der Waals surface area contributed by atoms with Gasteiger partial charge in [-0.1, -0.05) is 24.4 Å². The maximum Gasteiger partial charge on any atom is 0.310 e. The predicted molar refractivity (Wildman–Crippen MR) is 77.0 cm³/mol. The number of carboxylic acids is 1. The third-order valence-electron chi connectivity index (χ3n) is 2.78. The van der Waals surface area contributed by atoms with Crippen LogP contribution in [-0.4, -0.2) is 29.7 Å². The van der Waals surface area contributed by atoms with Crippen molar-refractivity contribution in [3.63, 3.8) is 0 Å². The third-order valence-corrected chi connectivity index (χ3v) is 3.02. The normalized spacial score (nSPS) is 11.1. The van der Waals surface area contributed by atoms with Gasteiger partial charge in [-0.05, 0) is 26.0 Å². The van der Waals surface area contributed by atoms with E-state index in [-0.39, 0.29) is 0 Å². The van der Waals surface area contributed by atoms with Gasteiger partial charge < -0.3 is 15.7 Å². The van der Waals surface area contributed by atoms with Crippen molar-refractivity contribution in [1.82, 2.24) is 0 Å². The van der Waals surface area contributed by atoms with Gasteiger partial charge in [0.1, 0.15) is 4.99 Å². The minimum absolute atomic E-state index is 0.336. The third kappa shape index (κ3) is 3.43. The quantitative estimate of drug-likeness (QED) is 0.796. The van der Waals surface area contributed by atoms with Crippen LogP contribution in [0, 0.1) is 5.41 Å². The average Bonchev–Trinajstić information content (AvgIpc) is 2.28. The van der Waals surface area contributed by atoms with Crippen molar-refractivity contribution in [2.75, 3.05) is 18.5 Å². The van der Waals surface area contributed by atoms with E-state index in [1.165, 1.54) is 0 Å². The number of nitrogens with two attached hydrogens (primary N) is 1.